The topological polar surface area (TPSA) is 70.2 Å². The number of rotatable bonds is 5. The van der Waals surface area contributed by atoms with Crippen LogP contribution in [0.3, 0.4) is 0 Å². The van der Waals surface area contributed by atoms with Gasteiger partial charge in [0.25, 0.3) is 0 Å². The molecule has 0 fully saturated rings. The van der Waals surface area contributed by atoms with Gasteiger partial charge in [0.05, 0.1) is 24.4 Å². The number of ether oxygens (including phenoxy) is 1. The number of hydrogen-bond acceptors (Lipinski definition) is 4. The molecule has 14 heavy (non-hydrogen) atoms. The van der Waals surface area contributed by atoms with E-state index in [1.165, 1.54) is 4.68 Å². The lowest BCUT2D eigenvalue weighted by molar-refractivity contribution is -0.390. The minimum atomic E-state index is -0.527. The average Bonchev–Trinajstić information content (AvgIpc) is 2.47. The lowest BCUT2D eigenvalue weighted by atomic mass is 10.6. The van der Waals surface area contributed by atoms with Crippen molar-refractivity contribution in [1.29, 1.82) is 0 Å². The van der Waals surface area contributed by atoms with Crippen LogP contribution in [0.4, 0.5) is 5.82 Å². The van der Waals surface area contributed by atoms with Crippen molar-refractivity contribution in [3.8, 4) is 0 Å². The third-order valence-electron chi connectivity index (χ3n) is 1.54. The van der Waals surface area contributed by atoms with Gasteiger partial charge in [-0.05, 0) is 27.8 Å². The molecule has 78 valence electrons. The minimum Gasteiger partial charge on any atom is -0.380 e. The molecule has 0 bridgehead atoms. The van der Waals surface area contributed by atoms with Gasteiger partial charge in [-0.25, -0.2) is 0 Å². The molecule has 0 unspecified atom stereocenters. The van der Waals surface area contributed by atoms with Gasteiger partial charge in [0.15, 0.2) is 0 Å². The Morgan fingerprint density at radius 1 is 1.79 bits per heavy atom. The van der Waals surface area contributed by atoms with Gasteiger partial charge in [-0.15, -0.1) is 0 Å². The quantitative estimate of drug-likeness (QED) is 0.460. The van der Waals surface area contributed by atoms with E-state index in [1.54, 1.807) is 6.20 Å². The Kier molecular flexibility index (Phi) is 4.02. The van der Waals surface area contributed by atoms with Crippen LogP contribution < -0.4 is 0 Å². The summed E-state index contributed by atoms with van der Waals surface area (Å²) in [6, 6.07) is 0. The van der Waals surface area contributed by atoms with Crippen molar-refractivity contribution in [1.82, 2.24) is 9.78 Å². The molecule has 1 heterocycles. The molecular formula is C7H10BrN3O3. The van der Waals surface area contributed by atoms with Gasteiger partial charge in [0, 0.05) is 6.61 Å². The number of aromatic nitrogens is 2. The maximum atomic E-state index is 10.4. The summed E-state index contributed by atoms with van der Waals surface area (Å²) in [5, 5.41) is 14.2. The minimum absolute atomic E-state index is 0.165. The highest BCUT2D eigenvalue weighted by Gasteiger charge is 2.17. The van der Waals surface area contributed by atoms with E-state index < -0.39 is 4.92 Å². The molecule has 1 aromatic heterocycles. The number of nitrogens with zero attached hydrogens (tertiary/aromatic N) is 3. The lowest BCUT2D eigenvalue weighted by Gasteiger charge is -1.96. The average molecular weight is 264 g/mol. The van der Waals surface area contributed by atoms with Crippen LogP contribution in [0.2, 0.25) is 0 Å². The number of hydrogen-bond donors (Lipinski definition) is 0. The number of nitro groups is 1. The predicted molar refractivity (Wildman–Crippen MR) is 53.1 cm³/mol. The van der Waals surface area contributed by atoms with Crippen LogP contribution >= 0.6 is 15.9 Å². The smallest absolute Gasteiger partial charge is 0.380 e. The van der Waals surface area contributed by atoms with Crippen molar-refractivity contribution in [2.24, 2.45) is 0 Å². The highest BCUT2D eigenvalue weighted by atomic mass is 79.9. The van der Waals surface area contributed by atoms with Gasteiger partial charge in [0.2, 0.25) is 0 Å². The van der Waals surface area contributed by atoms with Gasteiger partial charge in [-0.1, -0.05) is 0 Å². The molecule has 7 heteroatoms. The van der Waals surface area contributed by atoms with Gasteiger partial charge in [-0.2, -0.15) is 4.68 Å². The summed E-state index contributed by atoms with van der Waals surface area (Å²) >= 11 is 3.06. The van der Waals surface area contributed by atoms with Crippen molar-refractivity contribution < 1.29 is 9.66 Å². The van der Waals surface area contributed by atoms with Crippen molar-refractivity contribution in [2.45, 2.75) is 13.5 Å². The summed E-state index contributed by atoms with van der Waals surface area (Å²) in [7, 11) is 0. The Bertz CT molecular complexity index is 326. The molecule has 1 rings (SSSR count). The second kappa shape index (κ2) is 5.06. The van der Waals surface area contributed by atoms with Crippen LogP contribution in [0.1, 0.15) is 6.92 Å². The second-order valence-electron chi connectivity index (χ2n) is 2.52. The predicted octanol–water partition coefficient (Wildman–Crippen LogP) is 1.59. The molecular weight excluding hydrogens is 254 g/mol. The molecule has 0 saturated heterocycles. The fraction of sp³-hybridized carbons (Fsp3) is 0.571. The van der Waals surface area contributed by atoms with Crippen LogP contribution in [0.15, 0.2) is 10.7 Å². The molecule has 0 saturated carbocycles. The zero-order valence-corrected chi connectivity index (χ0v) is 9.23. The third kappa shape index (κ3) is 2.78. The third-order valence-corrected chi connectivity index (χ3v) is 2.10. The van der Waals surface area contributed by atoms with Gasteiger partial charge in [0.1, 0.15) is 4.47 Å². The Labute approximate surface area is 89.1 Å². The Hall–Kier alpha value is -0.950. The fourth-order valence-corrected chi connectivity index (χ4v) is 1.39. The van der Waals surface area contributed by atoms with Gasteiger partial charge in [-0.3, -0.25) is 0 Å². The zero-order chi connectivity index (χ0) is 10.6. The molecule has 0 spiro atoms. The molecule has 6 nitrogen and oxygen atoms in total. The van der Waals surface area contributed by atoms with Gasteiger partial charge < -0.3 is 14.9 Å². The van der Waals surface area contributed by atoms with Crippen molar-refractivity contribution in [3.63, 3.8) is 0 Å². The molecule has 0 aromatic carbocycles. The molecule has 0 amide bonds. The molecule has 0 atom stereocenters. The fourth-order valence-electron chi connectivity index (χ4n) is 0.928. The molecule has 0 radical (unpaired) electrons. The van der Waals surface area contributed by atoms with Crippen LogP contribution in [-0.4, -0.2) is 27.9 Å². The van der Waals surface area contributed by atoms with E-state index in [0.717, 1.165) is 0 Å². The summed E-state index contributed by atoms with van der Waals surface area (Å²) in [6.45, 7) is 3.54. The van der Waals surface area contributed by atoms with Crippen molar-refractivity contribution >= 4 is 21.7 Å². The van der Waals surface area contributed by atoms with E-state index in [-0.39, 0.29) is 5.82 Å². The van der Waals surface area contributed by atoms with E-state index in [0.29, 0.717) is 24.2 Å². The number of halogens is 1. The molecule has 0 N–H and O–H groups in total. The van der Waals surface area contributed by atoms with E-state index >= 15 is 0 Å². The molecule has 0 aliphatic rings. The largest absolute Gasteiger partial charge is 0.404 e. The maximum absolute atomic E-state index is 10.4. The normalized spacial score (nSPS) is 10.4. The molecule has 0 aliphatic carbocycles. The first-order valence-electron chi connectivity index (χ1n) is 4.10. The first-order chi connectivity index (χ1) is 6.65. The van der Waals surface area contributed by atoms with E-state index in [1.807, 2.05) is 6.92 Å². The maximum Gasteiger partial charge on any atom is 0.404 e. The lowest BCUT2D eigenvalue weighted by Crippen LogP contribution is -2.06. The summed E-state index contributed by atoms with van der Waals surface area (Å²) in [4.78, 5) is 9.91. The standard InChI is InChI=1S/C7H10BrN3O3/c1-2-14-4-3-10-5-6(8)7(9-10)11(12)13/h5H,2-4H2,1H3. The Balaban J connectivity index is 2.62. The van der Waals surface area contributed by atoms with Crippen molar-refractivity contribution in [3.05, 3.63) is 20.8 Å². The second-order valence-corrected chi connectivity index (χ2v) is 3.37. The Morgan fingerprint density at radius 3 is 3.00 bits per heavy atom. The summed E-state index contributed by atoms with van der Waals surface area (Å²) in [6.07, 6.45) is 1.57. The summed E-state index contributed by atoms with van der Waals surface area (Å²) in [5.41, 5.74) is 0. The highest BCUT2D eigenvalue weighted by molar-refractivity contribution is 9.10. The van der Waals surface area contributed by atoms with Crippen LogP contribution in [0.25, 0.3) is 0 Å². The molecule has 1 aromatic rings. The van der Waals surface area contributed by atoms with E-state index in [9.17, 15) is 10.1 Å². The monoisotopic (exact) mass is 263 g/mol. The summed E-state index contributed by atoms with van der Waals surface area (Å²) in [5.74, 6) is -0.165. The SMILES string of the molecule is CCOCCn1cc(Br)c([N+](=O)[O-])n1. The highest BCUT2D eigenvalue weighted by Crippen LogP contribution is 2.21. The van der Waals surface area contributed by atoms with Crippen LogP contribution in [0.5, 0.6) is 0 Å². The summed E-state index contributed by atoms with van der Waals surface area (Å²) < 4.78 is 6.97. The van der Waals surface area contributed by atoms with Crippen molar-refractivity contribution in [2.75, 3.05) is 13.2 Å². The Morgan fingerprint density at radius 2 is 2.50 bits per heavy atom. The molecule has 0 aliphatic heterocycles. The van der Waals surface area contributed by atoms with Crippen LogP contribution in [0, 0.1) is 10.1 Å². The van der Waals surface area contributed by atoms with Gasteiger partial charge >= 0.3 is 5.82 Å². The zero-order valence-electron chi connectivity index (χ0n) is 7.64. The van der Waals surface area contributed by atoms with Crippen LogP contribution in [-0.2, 0) is 11.3 Å². The van der Waals surface area contributed by atoms with E-state index in [2.05, 4.69) is 21.0 Å². The first kappa shape index (κ1) is 11.1. The van der Waals surface area contributed by atoms with E-state index in [4.69, 9.17) is 4.74 Å². The first-order valence-corrected chi connectivity index (χ1v) is 4.89.